The van der Waals surface area contributed by atoms with E-state index >= 15 is 0 Å². The SMILES string of the molecule is C=C(C)C(=O)OCCCCCCn1cc(OCCCC)c(=O)[nH]c1=O. The van der Waals surface area contributed by atoms with E-state index in [1.54, 1.807) is 6.92 Å². The summed E-state index contributed by atoms with van der Waals surface area (Å²) in [7, 11) is 0. The number of nitrogens with one attached hydrogen (secondary N) is 1. The summed E-state index contributed by atoms with van der Waals surface area (Å²) in [5.41, 5.74) is -0.519. The van der Waals surface area contributed by atoms with Crippen molar-refractivity contribution in [1.82, 2.24) is 9.55 Å². The first-order valence-electron chi connectivity index (χ1n) is 8.75. The highest BCUT2D eigenvalue weighted by atomic mass is 16.5. The van der Waals surface area contributed by atoms with Crippen LogP contribution in [0, 0.1) is 0 Å². The highest BCUT2D eigenvalue weighted by Crippen LogP contribution is 2.05. The number of unbranched alkanes of at least 4 members (excludes halogenated alkanes) is 4. The van der Waals surface area contributed by atoms with Crippen molar-refractivity contribution in [3.05, 3.63) is 39.2 Å². The van der Waals surface area contributed by atoms with Gasteiger partial charge in [0.25, 0.3) is 5.56 Å². The van der Waals surface area contributed by atoms with Crippen LogP contribution in [0.2, 0.25) is 0 Å². The van der Waals surface area contributed by atoms with Gasteiger partial charge in [-0.2, -0.15) is 0 Å². The Balaban J connectivity index is 2.35. The summed E-state index contributed by atoms with van der Waals surface area (Å²) in [6, 6.07) is 0. The molecule has 0 unspecified atom stereocenters. The molecule has 0 saturated heterocycles. The molecule has 0 aliphatic carbocycles. The Bertz CT molecular complexity index is 675. The lowest BCUT2D eigenvalue weighted by Crippen LogP contribution is -2.30. The van der Waals surface area contributed by atoms with Crippen LogP contribution in [0.3, 0.4) is 0 Å². The minimum absolute atomic E-state index is 0.180. The molecule has 0 amide bonds. The largest absolute Gasteiger partial charge is 0.487 e. The van der Waals surface area contributed by atoms with Gasteiger partial charge < -0.3 is 9.47 Å². The van der Waals surface area contributed by atoms with Gasteiger partial charge in [0.05, 0.1) is 19.4 Å². The van der Waals surface area contributed by atoms with Gasteiger partial charge in [-0.25, -0.2) is 9.59 Å². The molecule has 0 aliphatic rings. The van der Waals surface area contributed by atoms with Crippen molar-refractivity contribution in [2.75, 3.05) is 13.2 Å². The van der Waals surface area contributed by atoms with Crippen molar-refractivity contribution in [3.63, 3.8) is 0 Å². The van der Waals surface area contributed by atoms with Gasteiger partial charge in [-0.1, -0.05) is 26.3 Å². The second-order valence-corrected chi connectivity index (χ2v) is 5.98. The van der Waals surface area contributed by atoms with Crippen LogP contribution in [-0.2, 0) is 16.1 Å². The van der Waals surface area contributed by atoms with E-state index in [4.69, 9.17) is 9.47 Å². The second-order valence-electron chi connectivity index (χ2n) is 5.98. The van der Waals surface area contributed by atoms with Crippen LogP contribution < -0.4 is 16.0 Å². The predicted octanol–water partition coefficient (Wildman–Crippen LogP) is 2.40. The van der Waals surface area contributed by atoms with Gasteiger partial charge in [-0.3, -0.25) is 14.3 Å². The summed E-state index contributed by atoms with van der Waals surface area (Å²) in [4.78, 5) is 37.0. The molecular formula is C18H28N2O5. The minimum Gasteiger partial charge on any atom is -0.487 e. The van der Waals surface area contributed by atoms with E-state index in [1.165, 1.54) is 10.8 Å². The first-order chi connectivity index (χ1) is 12.0. The van der Waals surface area contributed by atoms with Crippen LogP contribution in [0.1, 0.15) is 52.4 Å². The fourth-order valence-electron chi connectivity index (χ4n) is 2.11. The number of H-pyrrole nitrogens is 1. The molecule has 1 aromatic heterocycles. The smallest absolute Gasteiger partial charge is 0.333 e. The lowest BCUT2D eigenvalue weighted by atomic mass is 10.2. The Morgan fingerprint density at radius 3 is 2.56 bits per heavy atom. The molecule has 0 atom stereocenters. The number of aryl methyl sites for hydroxylation is 1. The lowest BCUT2D eigenvalue weighted by molar-refractivity contribution is -0.139. The number of aromatic nitrogens is 2. The fourth-order valence-corrected chi connectivity index (χ4v) is 2.11. The van der Waals surface area contributed by atoms with Gasteiger partial charge in [0.1, 0.15) is 0 Å². The third kappa shape index (κ3) is 7.87. The summed E-state index contributed by atoms with van der Waals surface area (Å²) < 4.78 is 11.9. The molecule has 0 saturated carbocycles. The quantitative estimate of drug-likeness (QED) is 0.354. The van der Waals surface area contributed by atoms with Crippen molar-refractivity contribution >= 4 is 5.97 Å². The molecule has 1 N–H and O–H groups in total. The average Bonchev–Trinajstić information content (AvgIpc) is 2.57. The molecule has 0 bridgehead atoms. The highest BCUT2D eigenvalue weighted by Gasteiger charge is 2.06. The normalized spacial score (nSPS) is 10.5. The van der Waals surface area contributed by atoms with E-state index in [0.29, 0.717) is 25.3 Å². The number of carbonyl (C=O) groups excluding carboxylic acids is 1. The van der Waals surface area contributed by atoms with Crippen LogP contribution in [0.4, 0.5) is 0 Å². The van der Waals surface area contributed by atoms with Gasteiger partial charge in [0.2, 0.25) is 5.75 Å². The summed E-state index contributed by atoms with van der Waals surface area (Å²) in [6.07, 6.45) is 6.64. The first kappa shape index (κ1) is 20.7. The Labute approximate surface area is 147 Å². The zero-order valence-corrected chi connectivity index (χ0v) is 15.1. The molecule has 140 valence electrons. The zero-order valence-electron chi connectivity index (χ0n) is 15.1. The molecule has 0 spiro atoms. The number of esters is 1. The van der Waals surface area contributed by atoms with Gasteiger partial charge in [0, 0.05) is 12.1 Å². The van der Waals surface area contributed by atoms with Crippen LogP contribution in [0.5, 0.6) is 5.75 Å². The Morgan fingerprint density at radius 2 is 1.88 bits per heavy atom. The Kier molecular flexibility index (Phi) is 9.36. The molecule has 1 heterocycles. The van der Waals surface area contributed by atoms with Crippen LogP contribution in [0.25, 0.3) is 0 Å². The zero-order chi connectivity index (χ0) is 18.7. The van der Waals surface area contributed by atoms with Crippen LogP contribution in [0.15, 0.2) is 27.9 Å². The molecular weight excluding hydrogens is 324 g/mol. The van der Waals surface area contributed by atoms with Gasteiger partial charge in [-0.05, 0) is 32.6 Å². The van der Waals surface area contributed by atoms with Crippen molar-refractivity contribution in [2.45, 2.75) is 58.9 Å². The van der Waals surface area contributed by atoms with Gasteiger partial charge in [-0.15, -0.1) is 0 Å². The maximum Gasteiger partial charge on any atom is 0.333 e. The number of rotatable bonds is 12. The van der Waals surface area contributed by atoms with Crippen molar-refractivity contribution in [1.29, 1.82) is 0 Å². The van der Waals surface area contributed by atoms with Crippen molar-refractivity contribution < 1.29 is 14.3 Å². The van der Waals surface area contributed by atoms with Crippen molar-refractivity contribution in [3.8, 4) is 5.75 Å². The molecule has 25 heavy (non-hydrogen) atoms. The van der Waals surface area contributed by atoms with Gasteiger partial charge >= 0.3 is 11.7 Å². The number of hydrogen-bond donors (Lipinski definition) is 1. The van der Waals surface area contributed by atoms with E-state index in [0.717, 1.165) is 38.5 Å². The standard InChI is InChI=1S/C18H28N2O5/c1-4-5-11-24-15-13-20(18(23)19-16(15)21)10-8-6-7-9-12-25-17(22)14(2)3/h13H,2,4-12H2,1,3H3,(H,19,21,23). The maximum absolute atomic E-state index is 11.8. The molecule has 0 radical (unpaired) electrons. The predicted molar refractivity (Wildman–Crippen MR) is 96.0 cm³/mol. The van der Waals surface area contributed by atoms with E-state index in [-0.39, 0.29) is 11.7 Å². The number of carbonyl (C=O) groups is 1. The number of aromatic amines is 1. The summed E-state index contributed by atoms with van der Waals surface area (Å²) in [5, 5.41) is 0. The highest BCUT2D eigenvalue weighted by molar-refractivity contribution is 5.86. The Morgan fingerprint density at radius 1 is 1.16 bits per heavy atom. The summed E-state index contributed by atoms with van der Waals surface area (Å²) in [6.45, 7) is 8.51. The minimum atomic E-state index is -0.489. The van der Waals surface area contributed by atoms with E-state index in [2.05, 4.69) is 11.6 Å². The maximum atomic E-state index is 11.8. The van der Waals surface area contributed by atoms with Crippen LogP contribution in [-0.4, -0.2) is 28.7 Å². The van der Waals surface area contributed by atoms with E-state index < -0.39 is 11.2 Å². The molecule has 1 aromatic rings. The summed E-state index contributed by atoms with van der Waals surface area (Å²) in [5.74, 6) is -0.185. The monoisotopic (exact) mass is 352 g/mol. The second kappa shape index (κ2) is 11.3. The third-order valence-corrected chi connectivity index (χ3v) is 3.61. The molecule has 0 aromatic carbocycles. The molecule has 1 rings (SSSR count). The molecule has 0 fully saturated rings. The van der Waals surface area contributed by atoms with E-state index in [1.807, 2.05) is 6.92 Å². The average molecular weight is 352 g/mol. The van der Waals surface area contributed by atoms with E-state index in [9.17, 15) is 14.4 Å². The fraction of sp³-hybridized carbons (Fsp3) is 0.611. The molecule has 7 heteroatoms. The molecule has 0 aliphatic heterocycles. The number of hydrogen-bond acceptors (Lipinski definition) is 5. The Hall–Kier alpha value is -2.31. The summed E-state index contributed by atoms with van der Waals surface area (Å²) >= 11 is 0. The van der Waals surface area contributed by atoms with Crippen LogP contribution >= 0.6 is 0 Å². The number of ether oxygens (including phenoxy) is 2. The topological polar surface area (TPSA) is 90.4 Å². The molecule has 7 nitrogen and oxygen atoms in total. The first-order valence-corrected chi connectivity index (χ1v) is 8.75. The van der Waals surface area contributed by atoms with Gasteiger partial charge in [0.15, 0.2) is 0 Å². The third-order valence-electron chi connectivity index (χ3n) is 3.61. The number of nitrogens with zero attached hydrogens (tertiary/aromatic N) is 1. The lowest BCUT2D eigenvalue weighted by Gasteiger charge is -2.09. The van der Waals surface area contributed by atoms with Crippen molar-refractivity contribution in [2.24, 2.45) is 0 Å².